The normalized spacial score (nSPS) is 18.1. The zero-order valence-electron chi connectivity index (χ0n) is 17.7. The summed E-state index contributed by atoms with van der Waals surface area (Å²) >= 11 is 0. The molecule has 0 unspecified atom stereocenters. The largest absolute Gasteiger partial charge is 0.306 e. The van der Waals surface area contributed by atoms with Crippen molar-refractivity contribution in [2.45, 2.75) is 45.2 Å². The molecule has 29 heavy (non-hydrogen) atoms. The van der Waals surface area contributed by atoms with Gasteiger partial charge in [-0.2, -0.15) is 5.26 Å². The molecular formula is C26H33N3. The molecule has 2 aromatic carbocycles. The van der Waals surface area contributed by atoms with Crippen molar-refractivity contribution >= 4 is 0 Å². The third-order valence-electron chi connectivity index (χ3n) is 6.47. The summed E-state index contributed by atoms with van der Waals surface area (Å²) in [5.74, 6) is 1.70. The highest BCUT2D eigenvalue weighted by Crippen LogP contribution is 2.31. The van der Waals surface area contributed by atoms with Crippen LogP contribution in [0.5, 0.6) is 0 Å². The van der Waals surface area contributed by atoms with Crippen molar-refractivity contribution in [3.8, 4) is 6.07 Å². The molecule has 2 aromatic rings. The van der Waals surface area contributed by atoms with Gasteiger partial charge >= 0.3 is 0 Å². The third-order valence-corrected chi connectivity index (χ3v) is 6.47. The number of rotatable bonds is 8. The Morgan fingerprint density at radius 1 is 0.897 bits per heavy atom. The minimum absolute atomic E-state index is 0.757. The number of nitrogens with zero attached hydrogens (tertiary/aromatic N) is 3. The predicted octanol–water partition coefficient (Wildman–Crippen LogP) is 4.85. The van der Waals surface area contributed by atoms with Gasteiger partial charge in [0, 0.05) is 19.6 Å². The van der Waals surface area contributed by atoms with Crippen LogP contribution in [-0.2, 0) is 19.5 Å². The Morgan fingerprint density at radius 3 is 2.28 bits per heavy atom. The smallest absolute Gasteiger partial charge is 0.0991 e. The molecule has 1 aliphatic heterocycles. The first kappa shape index (κ1) is 20.1. The molecule has 1 heterocycles. The molecule has 1 saturated heterocycles. The number of hydrogen-bond donors (Lipinski definition) is 0. The first-order valence-electron chi connectivity index (χ1n) is 11.2. The molecule has 0 spiro atoms. The molecule has 0 radical (unpaired) electrons. The summed E-state index contributed by atoms with van der Waals surface area (Å²) in [6, 6.07) is 19.7. The van der Waals surface area contributed by atoms with Crippen LogP contribution in [0.3, 0.4) is 0 Å². The van der Waals surface area contributed by atoms with Crippen LogP contribution in [0.1, 0.15) is 47.9 Å². The molecule has 4 rings (SSSR count). The van der Waals surface area contributed by atoms with Gasteiger partial charge in [0.1, 0.15) is 0 Å². The van der Waals surface area contributed by atoms with Gasteiger partial charge < -0.3 is 4.90 Å². The molecule has 0 bridgehead atoms. The van der Waals surface area contributed by atoms with E-state index in [1.54, 1.807) is 0 Å². The molecule has 2 aliphatic rings. The fourth-order valence-electron chi connectivity index (χ4n) is 4.49. The third kappa shape index (κ3) is 6.16. The maximum Gasteiger partial charge on any atom is 0.0991 e. The monoisotopic (exact) mass is 387 g/mol. The van der Waals surface area contributed by atoms with Gasteiger partial charge in [-0.15, -0.1) is 0 Å². The van der Waals surface area contributed by atoms with Crippen LogP contribution in [0, 0.1) is 23.2 Å². The lowest BCUT2D eigenvalue weighted by molar-refractivity contribution is 0.219. The number of piperidine rings is 1. The van der Waals surface area contributed by atoms with E-state index in [0.29, 0.717) is 0 Å². The van der Waals surface area contributed by atoms with E-state index in [4.69, 9.17) is 0 Å². The van der Waals surface area contributed by atoms with Gasteiger partial charge in [-0.3, -0.25) is 4.90 Å². The minimum Gasteiger partial charge on any atom is -0.306 e. The summed E-state index contributed by atoms with van der Waals surface area (Å²) in [6.45, 7) is 5.55. The molecule has 152 valence electrons. The van der Waals surface area contributed by atoms with Crippen LogP contribution < -0.4 is 0 Å². The van der Waals surface area contributed by atoms with Crippen LogP contribution in [0.4, 0.5) is 0 Å². The summed E-state index contributed by atoms with van der Waals surface area (Å²) in [5.41, 5.74) is 4.88. The standard InChI is InChI=1S/C26H33N3/c1-28-13-11-22(12-14-28)15-21-5-7-23(8-6-21)18-29(19-24-9-10-24)20-26-4-2-3-25(16-26)17-27/h2-8,16,22,24H,9-15,18-20H2,1H3. The molecule has 0 aromatic heterocycles. The average Bonchev–Trinajstić information content (AvgIpc) is 3.55. The van der Waals surface area contributed by atoms with Crippen LogP contribution in [0.25, 0.3) is 0 Å². The minimum atomic E-state index is 0.757. The van der Waals surface area contributed by atoms with Gasteiger partial charge in [0.25, 0.3) is 0 Å². The van der Waals surface area contributed by atoms with E-state index < -0.39 is 0 Å². The van der Waals surface area contributed by atoms with E-state index in [9.17, 15) is 5.26 Å². The van der Waals surface area contributed by atoms with Crippen molar-refractivity contribution in [1.82, 2.24) is 9.80 Å². The lowest BCUT2D eigenvalue weighted by atomic mass is 9.90. The number of hydrogen-bond acceptors (Lipinski definition) is 3. The second-order valence-electron chi connectivity index (χ2n) is 9.19. The first-order valence-corrected chi connectivity index (χ1v) is 11.2. The molecule has 3 heteroatoms. The maximum absolute atomic E-state index is 9.18. The molecule has 3 nitrogen and oxygen atoms in total. The number of benzene rings is 2. The quantitative estimate of drug-likeness (QED) is 0.648. The Bertz CT molecular complexity index is 824. The summed E-state index contributed by atoms with van der Waals surface area (Å²) in [4.78, 5) is 5.00. The zero-order chi connectivity index (χ0) is 20.1. The highest BCUT2D eigenvalue weighted by molar-refractivity contribution is 5.32. The van der Waals surface area contributed by atoms with E-state index in [-0.39, 0.29) is 0 Å². The SMILES string of the molecule is CN1CCC(Cc2ccc(CN(Cc3cccc(C#N)c3)CC3CC3)cc2)CC1. The first-order chi connectivity index (χ1) is 14.2. The summed E-state index contributed by atoms with van der Waals surface area (Å²) < 4.78 is 0. The molecule has 0 amide bonds. The van der Waals surface area contributed by atoms with Gasteiger partial charge in [-0.25, -0.2) is 0 Å². The van der Waals surface area contributed by atoms with Crippen molar-refractivity contribution in [3.05, 3.63) is 70.8 Å². The lowest BCUT2D eigenvalue weighted by Gasteiger charge is -2.29. The van der Waals surface area contributed by atoms with Gasteiger partial charge in [0.2, 0.25) is 0 Å². The highest BCUT2D eigenvalue weighted by Gasteiger charge is 2.24. The van der Waals surface area contributed by atoms with Crippen molar-refractivity contribution in [2.75, 3.05) is 26.7 Å². The molecule has 0 atom stereocenters. The van der Waals surface area contributed by atoms with Gasteiger partial charge in [-0.1, -0.05) is 36.4 Å². The van der Waals surface area contributed by atoms with Crippen molar-refractivity contribution in [1.29, 1.82) is 5.26 Å². The van der Waals surface area contributed by atoms with Gasteiger partial charge in [-0.05, 0) is 92.9 Å². The second-order valence-corrected chi connectivity index (χ2v) is 9.19. The van der Waals surface area contributed by atoms with Crippen LogP contribution in [0.2, 0.25) is 0 Å². The van der Waals surface area contributed by atoms with Gasteiger partial charge in [0.05, 0.1) is 11.6 Å². The molecule has 1 aliphatic carbocycles. The van der Waals surface area contributed by atoms with E-state index in [1.807, 2.05) is 18.2 Å². The van der Waals surface area contributed by atoms with E-state index in [1.165, 1.54) is 61.9 Å². The van der Waals surface area contributed by atoms with Crippen LogP contribution in [0.15, 0.2) is 48.5 Å². The lowest BCUT2D eigenvalue weighted by Crippen LogP contribution is -2.30. The summed E-state index contributed by atoms with van der Waals surface area (Å²) in [6.07, 6.45) is 6.61. The van der Waals surface area contributed by atoms with E-state index in [2.05, 4.69) is 53.2 Å². The topological polar surface area (TPSA) is 30.3 Å². The molecule has 1 saturated carbocycles. The Kier molecular flexibility index (Phi) is 6.64. The Balaban J connectivity index is 1.36. The Hall–Kier alpha value is -2.15. The van der Waals surface area contributed by atoms with Crippen molar-refractivity contribution < 1.29 is 0 Å². The van der Waals surface area contributed by atoms with Crippen LogP contribution >= 0.6 is 0 Å². The Morgan fingerprint density at radius 2 is 1.59 bits per heavy atom. The molecular weight excluding hydrogens is 354 g/mol. The fraction of sp³-hybridized carbons (Fsp3) is 0.500. The van der Waals surface area contributed by atoms with Crippen molar-refractivity contribution in [3.63, 3.8) is 0 Å². The number of nitriles is 1. The average molecular weight is 388 g/mol. The zero-order valence-corrected chi connectivity index (χ0v) is 17.7. The van der Waals surface area contributed by atoms with Crippen molar-refractivity contribution in [2.24, 2.45) is 11.8 Å². The molecule has 2 fully saturated rings. The predicted molar refractivity (Wildman–Crippen MR) is 118 cm³/mol. The van der Waals surface area contributed by atoms with E-state index in [0.717, 1.165) is 37.0 Å². The Labute approximate surface area is 175 Å². The fourth-order valence-corrected chi connectivity index (χ4v) is 4.49. The number of likely N-dealkylation sites (tertiary alicyclic amines) is 1. The second kappa shape index (κ2) is 9.57. The molecule has 0 N–H and O–H groups in total. The van der Waals surface area contributed by atoms with Gasteiger partial charge in [0.15, 0.2) is 0 Å². The van der Waals surface area contributed by atoms with E-state index >= 15 is 0 Å². The maximum atomic E-state index is 9.18. The summed E-state index contributed by atoms with van der Waals surface area (Å²) in [7, 11) is 2.23. The van der Waals surface area contributed by atoms with Crippen LogP contribution in [-0.4, -0.2) is 36.5 Å². The summed E-state index contributed by atoms with van der Waals surface area (Å²) in [5, 5.41) is 9.18. The highest BCUT2D eigenvalue weighted by atomic mass is 15.1.